The van der Waals surface area contributed by atoms with Crippen molar-refractivity contribution in [2.45, 2.75) is 16.1 Å². The van der Waals surface area contributed by atoms with Gasteiger partial charge in [0.15, 0.2) is 0 Å². The SMILES string of the molecule is FC(F)(F)c1cc(Cl)nc(Sc2cccc(Br)c2)c1. The summed E-state index contributed by atoms with van der Waals surface area (Å²) in [6.45, 7) is 0. The molecule has 2 rings (SSSR count). The normalized spacial score (nSPS) is 11.6. The molecule has 0 aliphatic heterocycles. The first-order valence-corrected chi connectivity index (χ1v) is 7.01. The van der Waals surface area contributed by atoms with Crippen LogP contribution in [0.2, 0.25) is 5.15 Å². The molecule has 0 saturated heterocycles. The molecule has 0 fully saturated rings. The summed E-state index contributed by atoms with van der Waals surface area (Å²) in [4.78, 5) is 4.66. The number of halogens is 5. The third kappa shape index (κ3) is 4.12. The largest absolute Gasteiger partial charge is 0.416 e. The molecule has 0 aliphatic carbocycles. The Morgan fingerprint density at radius 1 is 1.16 bits per heavy atom. The van der Waals surface area contributed by atoms with Crippen molar-refractivity contribution in [2.24, 2.45) is 0 Å². The maximum Gasteiger partial charge on any atom is 0.416 e. The van der Waals surface area contributed by atoms with Crippen LogP contribution in [0.4, 0.5) is 13.2 Å². The molecule has 0 radical (unpaired) electrons. The van der Waals surface area contributed by atoms with Gasteiger partial charge in [-0.3, -0.25) is 0 Å². The first-order valence-electron chi connectivity index (χ1n) is 5.03. The van der Waals surface area contributed by atoms with E-state index in [9.17, 15) is 13.2 Å². The monoisotopic (exact) mass is 367 g/mol. The predicted molar refractivity (Wildman–Crippen MR) is 72.5 cm³/mol. The molecule has 1 heterocycles. The summed E-state index contributed by atoms with van der Waals surface area (Å²) in [5.74, 6) is 0. The Kier molecular flexibility index (Phi) is 4.43. The minimum atomic E-state index is -4.43. The minimum absolute atomic E-state index is 0.174. The van der Waals surface area contributed by atoms with Crippen molar-refractivity contribution in [3.05, 3.63) is 51.6 Å². The third-order valence-electron chi connectivity index (χ3n) is 2.12. The van der Waals surface area contributed by atoms with Gasteiger partial charge in [0.2, 0.25) is 0 Å². The Balaban J connectivity index is 2.33. The number of alkyl halides is 3. The van der Waals surface area contributed by atoms with Crippen LogP contribution in [0.1, 0.15) is 5.56 Å². The Morgan fingerprint density at radius 2 is 1.89 bits per heavy atom. The third-order valence-corrected chi connectivity index (χ3v) is 3.71. The molecule has 1 nitrogen and oxygen atoms in total. The van der Waals surface area contributed by atoms with Gasteiger partial charge in [0.1, 0.15) is 10.2 Å². The molecule has 0 N–H and O–H groups in total. The van der Waals surface area contributed by atoms with Gasteiger partial charge in [0.25, 0.3) is 0 Å². The number of aromatic nitrogens is 1. The molecule has 0 atom stereocenters. The van der Waals surface area contributed by atoms with Crippen LogP contribution >= 0.6 is 39.3 Å². The lowest BCUT2D eigenvalue weighted by Crippen LogP contribution is -2.05. The van der Waals surface area contributed by atoms with Gasteiger partial charge in [0, 0.05) is 9.37 Å². The van der Waals surface area contributed by atoms with Gasteiger partial charge in [-0.15, -0.1) is 0 Å². The van der Waals surface area contributed by atoms with Crippen LogP contribution < -0.4 is 0 Å². The zero-order valence-corrected chi connectivity index (χ0v) is 12.4. The van der Waals surface area contributed by atoms with Crippen molar-refractivity contribution in [3.63, 3.8) is 0 Å². The van der Waals surface area contributed by atoms with E-state index in [2.05, 4.69) is 20.9 Å². The summed E-state index contributed by atoms with van der Waals surface area (Å²) in [5.41, 5.74) is -0.801. The Hall–Kier alpha value is -0.720. The molecular formula is C12H6BrClF3NS. The zero-order valence-electron chi connectivity index (χ0n) is 9.21. The predicted octanol–water partition coefficient (Wildman–Crippen LogP) is 5.67. The highest BCUT2D eigenvalue weighted by Gasteiger charge is 2.31. The first-order chi connectivity index (χ1) is 8.84. The number of hydrogen-bond acceptors (Lipinski definition) is 2. The van der Waals surface area contributed by atoms with E-state index in [1.165, 1.54) is 0 Å². The van der Waals surface area contributed by atoms with Crippen LogP contribution in [-0.4, -0.2) is 4.98 Å². The number of rotatable bonds is 2. The van der Waals surface area contributed by atoms with Gasteiger partial charge in [0.05, 0.1) is 5.56 Å². The lowest BCUT2D eigenvalue weighted by molar-refractivity contribution is -0.137. The highest BCUT2D eigenvalue weighted by molar-refractivity contribution is 9.10. The van der Waals surface area contributed by atoms with Crippen LogP contribution in [0.3, 0.4) is 0 Å². The van der Waals surface area contributed by atoms with Gasteiger partial charge in [-0.2, -0.15) is 13.2 Å². The van der Waals surface area contributed by atoms with E-state index in [4.69, 9.17) is 11.6 Å². The second-order valence-corrected chi connectivity index (χ2v) is 5.97. The summed E-state index contributed by atoms with van der Waals surface area (Å²) in [6.07, 6.45) is -4.43. The molecule has 0 bridgehead atoms. The summed E-state index contributed by atoms with van der Waals surface area (Å²) in [6, 6.07) is 8.99. The van der Waals surface area contributed by atoms with E-state index in [1.54, 1.807) is 18.2 Å². The topological polar surface area (TPSA) is 12.9 Å². The van der Waals surface area contributed by atoms with Crippen LogP contribution in [0, 0.1) is 0 Å². The van der Waals surface area contributed by atoms with E-state index in [0.717, 1.165) is 33.3 Å². The molecule has 2 aromatic rings. The minimum Gasteiger partial charge on any atom is -0.229 e. The van der Waals surface area contributed by atoms with Crippen molar-refractivity contribution in [2.75, 3.05) is 0 Å². The van der Waals surface area contributed by atoms with Crippen LogP contribution in [0.25, 0.3) is 0 Å². The second-order valence-electron chi connectivity index (χ2n) is 3.57. The van der Waals surface area contributed by atoms with Crippen molar-refractivity contribution in [1.29, 1.82) is 0 Å². The van der Waals surface area contributed by atoms with Gasteiger partial charge in [-0.25, -0.2) is 4.98 Å². The molecule has 0 spiro atoms. The Labute approximate surface area is 125 Å². The molecule has 0 aliphatic rings. The van der Waals surface area contributed by atoms with Crippen molar-refractivity contribution in [3.8, 4) is 0 Å². The first kappa shape index (κ1) is 14.7. The molecule has 0 unspecified atom stereocenters. The molecule has 7 heteroatoms. The highest BCUT2D eigenvalue weighted by Crippen LogP contribution is 2.35. The maximum absolute atomic E-state index is 12.6. The number of hydrogen-bond donors (Lipinski definition) is 0. The van der Waals surface area contributed by atoms with Gasteiger partial charge >= 0.3 is 6.18 Å². The van der Waals surface area contributed by atoms with E-state index >= 15 is 0 Å². The van der Waals surface area contributed by atoms with Crippen LogP contribution in [0.15, 0.2) is 50.8 Å². The summed E-state index contributed by atoms with van der Waals surface area (Å²) in [5, 5.41) is 0.0326. The molecule has 1 aromatic carbocycles. The fourth-order valence-electron chi connectivity index (χ4n) is 1.34. The smallest absolute Gasteiger partial charge is 0.229 e. The van der Waals surface area contributed by atoms with E-state index in [-0.39, 0.29) is 10.2 Å². The fraction of sp³-hybridized carbons (Fsp3) is 0.0833. The summed E-state index contributed by atoms with van der Waals surface area (Å²) in [7, 11) is 0. The molecule has 0 amide bonds. The summed E-state index contributed by atoms with van der Waals surface area (Å²) < 4.78 is 38.8. The standard InChI is InChI=1S/C12H6BrClF3NS/c13-8-2-1-3-9(6-8)19-11-5-7(12(15,16)17)4-10(14)18-11/h1-6H. The van der Waals surface area contributed by atoms with Crippen molar-refractivity contribution in [1.82, 2.24) is 4.98 Å². The van der Waals surface area contributed by atoms with Crippen molar-refractivity contribution < 1.29 is 13.2 Å². The fourth-order valence-corrected chi connectivity index (χ4v) is 3.05. The molecule has 0 saturated carbocycles. The molecular weight excluding hydrogens is 363 g/mol. The van der Waals surface area contributed by atoms with Crippen LogP contribution in [-0.2, 0) is 6.18 Å². The highest BCUT2D eigenvalue weighted by atomic mass is 79.9. The van der Waals surface area contributed by atoms with E-state index in [1.807, 2.05) is 6.07 Å². The zero-order chi connectivity index (χ0) is 14.0. The van der Waals surface area contributed by atoms with Crippen molar-refractivity contribution >= 4 is 39.3 Å². The van der Waals surface area contributed by atoms with Gasteiger partial charge in [-0.05, 0) is 30.3 Å². The van der Waals surface area contributed by atoms with E-state index in [0.29, 0.717) is 0 Å². The molecule has 19 heavy (non-hydrogen) atoms. The molecule has 100 valence electrons. The molecule has 1 aromatic heterocycles. The number of nitrogens with zero attached hydrogens (tertiary/aromatic N) is 1. The van der Waals surface area contributed by atoms with Gasteiger partial charge in [-0.1, -0.05) is 45.4 Å². The summed E-state index contributed by atoms with van der Waals surface area (Å²) >= 11 is 10.0. The maximum atomic E-state index is 12.6. The number of benzene rings is 1. The average Bonchev–Trinajstić information content (AvgIpc) is 2.26. The van der Waals surface area contributed by atoms with E-state index < -0.39 is 11.7 Å². The Morgan fingerprint density at radius 3 is 2.53 bits per heavy atom. The number of pyridine rings is 1. The quantitative estimate of drug-likeness (QED) is 0.634. The average molecular weight is 369 g/mol. The van der Waals surface area contributed by atoms with Gasteiger partial charge < -0.3 is 0 Å². The lowest BCUT2D eigenvalue weighted by atomic mass is 10.3. The Bertz CT molecular complexity index is 604. The second kappa shape index (κ2) is 5.73. The lowest BCUT2D eigenvalue weighted by Gasteiger charge is -2.09. The van der Waals surface area contributed by atoms with Crippen LogP contribution in [0.5, 0.6) is 0 Å².